The molecule has 1 aliphatic heterocycles. The van der Waals surface area contributed by atoms with Crippen molar-refractivity contribution in [2.45, 2.75) is 66.1 Å². The van der Waals surface area contributed by atoms with Crippen molar-refractivity contribution in [3.8, 4) is 0 Å². The van der Waals surface area contributed by atoms with Crippen LogP contribution in [-0.2, 0) is 35.1 Å². The van der Waals surface area contributed by atoms with Gasteiger partial charge in [-0.05, 0) is 19.3 Å². The maximum absolute atomic E-state index is 11.5. The van der Waals surface area contributed by atoms with E-state index < -0.39 is 12.4 Å². The molecule has 5 atom stereocenters. The summed E-state index contributed by atoms with van der Waals surface area (Å²) in [5.74, 6) is -0.716. The van der Waals surface area contributed by atoms with Gasteiger partial charge in [0.15, 0.2) is 12.4 Å². The molecule has 9 heteroatoms. The van der Waals surface area contributed by atoms with Gasteiger partial charge in [-0.3, -0.25) is 9.59 Å². The standard InChI is InChI=1S/C18H29N3O6/c1-11-9-19-20-21(11)7-6-8-24-18-17(26-15(5)23)13(3)12(2)16(27-18)10-25-14(4)22/h9,12-13,16-18H,6-8,10H2,1-5H3/t12-,13+,16?,17?,18-/m1/s1. The van der Waals surface area contributed by atoms with Crippen LogP contribution in [0.25, 0.3) is 0 Å². The predicted octanol–water partition coefficient (Wildman–Crippen LogP) is 1.49. The highest BCUT2D eigenvalue weighted by molar-refractivity contribution is 5.66. The van der Waals surface area contributed by atoms with Crippen LogP contribution in [0.4, 0.5) is 0 Å². The molecule has 0 aliphatic carbocycles. The molecule has 1 aliphatic rings. The zero-order valence-corrected chi connectivity index (χ0v) is 16.6. The van der Waals surface area contributed by atoms with E-state index in [9.17, 15) is 9.59 Å². The van der Waals surface area contributed by atoms with E-state index in [2.05, 4.69) is 10.3 Å². The van der Waals surface area contributed by atoms with Crippen LogP contribution in [0.1, 0.15) is 39.8 Å². The second-order valence-electron chi connectivity index (χ2n) is 6.96. The van der Waals surface area contributed by atoms with E-state index in [4.69, 9.17) is 18.9 Å². The first-order valence-corrected chi connectivity index (χ1v) is 9.22. The molecule has 2 unspecified atom stereocenters. The van der Waals surface area contributed by atoms with Gasteiger partial charge < -0.3 is 18.9 Å². The van der Waals surface area contributed by atoms with Gasteiger partial charge in [0.2, 0.25) is 0 Å². The number of ether oxygens (including phenoxy) is 4. The number of esters is 2. The second kappa shape index (κ2) is 9.80. The van der Waals surface area contributed by atoms with Crippen molar-refractivity contribution < 1.29 is 28.5 Å². The number of aryl methyl sites for hydroxylation is 2. The van der Waals surface area contributed by atoms with E-state index in [1.165, 1.54) is 13.8 Å². The minimum Gasteiger partial charge on any atom is -0.463 e. The first-order chi connectivity index (χ1) is 12.8. The summed E-state index contributed by atoms with van der Waals surface area (Å²) < 4.78 is 24.2. The minimum atomic E-state index is -0.711. The molecule has 1 saturated heterocycles. The van der Waals surface area contributed by atoms with Crippen LogP contribution >= 0.6 is 0 Å². The van der Waals surface area contributed by atoms with Crippen molar-refractivity contribution in [1.82, 2.24) is 15.0 Å². The Kier molecular flexibility index (Phi) is 7.73. The largest absolute Gasteiger partial charge is 0.463 e. The summed E-state index contributed by atoms with van der Waals surface area (Å²) in [6, 6.07) is 0. The maximum Gasteiger partial charge on any atom is 0.303 e. The molecule has 0 aromatic carbocycles. The van der Waals surface area contributed by atoms with Gasteiger partial charge in [0.05, 0.1) is 24.6 Å². The summed E-state index contributed by atoms with van der Waals surface area (Å²) in [6.07, 6.45) is 0.856. The summed E-state index contributed by atoms with van der Waals surface area (Å²) in [5.41, 5.74) is 0.977. The number of nitrogens with zero attached hydrogens (tertiary/aromatic N) is 3. The average Bonchev–Trinajstić information content (AvgIpc) is 3.01. The van der Waals surface area contributed by atoms with Crippen LogP contribution in [-0.4, -0.2) is 58.6 Å². The number of hydrogen-bond donors (Lipinski definition) is 0. The molecule has 27 heavy (non-hydrogen) atoms. The zero-order chi connectivity index (χ0) is 20.0. The third kappa shape index (κ3) is 6.00. The van der Waals surface area contributed by atoms with Crippen LogP contribution < -0.4 is 0 Å². The Hall–Kier alpha value is -2.00. The summed E-state index contributed by atoms with van der Waals surface area (Å²) in [5, 5.41) is 7.84. The highest BCUT2D eigenvalue weighted by atomic mass is 16.7. The van der Waals surface area contributed by atoms with E-state index in [0.29, 0.717) is 19.6 Å². The van der Waals surface area contributed by atoms with Gasteiger partial charge in [-0.15, -0.1) is 5.10 Å². The summed E-state index contributed by atoms with van der Waals surface area (Å²) >= 11 is 0. The van der Waals surface area contributed by atoms with Gasteiger partial charge >= 0.3 is 11.9 Å². The molecule has 9 nitrogen and oxygen atoms in total. The molecule has 1 aromatic heterocycles. The first-order valence-electron chi connectivity index (χ1n) is 9.22. The highest BCUT2D eigenvalue weighted by Gasteiger charge is 2.44. The fraction of sp³-hybridized carbons (Fsp3) is 0.778. The van der Waals surface area contributed by atoms with E-state index in [1.54, 1.807) is 10.9 Å². The minimum absolute atomic E-state index is 0.00855. The molecule has 1 fully saturated rings. The van der Waals surface area contributed by atoms with Crippen molar-refractivity contribution in [1.29, 1.82) is 0 Å². The Morgan fingerprint density at radius 3 is 2.56 bits per heavy atom. The zero-order valence-electron chi connectivity index (χ0n) is 16.6. The SMILES string of the molecule is CC(=O)OCC1O[C@@H](OCCCn2nncc2C)C(OC(C)=O)[C@@H](C)[C@H]1C. The smallest absolute Gasteiger partial charge is 0.303 e. The lowest BCUT2D eigenvalue weighted by Crippen LogP contribution is -2.53. The molecular weight excluding hydrogens is 354 g/mol. The van der Waals surface area contributed by atoms with Crippen molar-refractivity contribution in [2.24, 2.45) is 11.8 Å². The molecule has 1 aromatic rings. The predicted molar refractivity (Wildman–Crippen MR) is 94.5 cm³/mol. The summed E-state index contributed by atoms with van der Waals surface area (Å²) in [4.78, 5) is 22.6. The second-order valence-corrected chi connectivity index (χ2v) is 6.96. The van der Waals surface area contributed by atoms with Crippen molar-refractivity contribution in [3.05, 3.63) is 11.9 Å². The third-order valence-corrected chi connectivity index (χ3v) is 4.87. The van der Waals surface area contributed by atoms with E-state index in [-0.39, 0.29) is 36.5 Å². The number of rotatable bonds is 8. The van der Waals surface area contributed by atoms with Crippen molar-refractivity contribution in [3.63, 3.8) is 0 Å². The van der Waals surface area contributed by atoms with Crippen molar-refractivity contribution in [2.75, 3.05) is 13.2 Å². The number of carbonyl (C=O) groups is 2. The van der Waals surface area contributed by atoms with Gasteiger partial charge in [0, 0.05) is 26.3 Å². The lowest BCUT2D eigenvalue weighted by atomic mass is 9.83. The molecule has 152 valence electrons. The highest BCUT2D eigenvalue weighted by Crippen LogP contribution is 2.33. The summed E-state index contributed by atoms with van der Waals surface area (Å²) in [6.45, 7) is 9.85. The van der Waals surface area contributed by atoms with Gasteiger partial charge in [0.25, 0.3) is 0 Å². The molecule has 0 N–H and O–H groups in total. The fourth-order valence-corrected chi connectivity index (χ4v) is 3.08. The first kappa shape index (κ1) is 21.3. The van der Waals surface area contributed by atoms with Gasteiger partial charge in [-0.2, -0.15) is 0 Å². The lowest BCUT2D eigenvalue weighted by molar-refractivity contribution is -0.280. The maximum atomic E-state index is 11.5. The number of carbonyl (C=O) groups excluding carboxylic acids is 2. The molecular formula is C18H29N3O6. The molecule has 0 saturated carbocycles. The molecule has 0 bridgehead atoms. The molecule has 0 amide bonds. The Morgan fingerprint density at radius 1 is 1.22 bits per heavy atom. The normalized spacial score (nSPS) is 28.0. The topological polar surface area (TPSA) is 102 Å². The lowest BCUT2D eigenvalue weighted by Gasteiger charge is -2.43. The van der Waals surface area contributed by atoms with Crippen molar-refractivity contribution >= 4 is 11.9 Å². The van der Waals surface area contributed by atoms with Crippen LogP contribution in [0.5, 0.6) is 0 Å². The van der Waals surface area contributed by atoms with E-state index >= 15 is 0 Å². The van der Waals surface area contributed by atoms with Crippen LogP contribution in [0, 0.1) is 18.8 Å². The Labute approximate surface area is 159 Å². The fourth-order valence-electron chi connectivity index (χ4n) is 3.08. The molecule has 0 spiro atoms. The van der Waals surface area contributed by atoms with Gasteiger partial charge in [-0.1, -0.05) is 19.1 Å². The van der Waals surface area contributed by atoms with Gasteiger partial charge in [0.1, 0.15) is 6.61 Å². The monoisotopic (exact) mass is 383 g/mol. The third-order valence-electron chi connectivity index (χ3n) is 4.87. The summed E-state index contributed by atoms with van der Waals surface area (Å²) in [7, 11) is 0. The average molecular weight is 383 g/mol. The van der Waals surface area contributed by atoms with Crippen LogP contribution in [0.2, 0.25) is 0 Å². The quantitative estimate of drug-likeness (QED) is 0.491. The molecule has 2 rings (SSSR count). The molecule has 0 radical (unpaired) electrons. The van der Waals surface area contributed by atoms with E-state index in [0.717, 1.165) is 5.69 Å². The Bertz CT molecular complexity index is 632. The van der Waals surface area contributed by atoms with Crippen LogP contribution in [0.3, 0.4) is 0 Å². The number of hydrogen-bond acceptors (Lipinski definition) is 8. The Balaban J connectivity index is 1.95. The van der Waals surface area contributed by atoms with Gasteiger partial charge in [-0.25, -0.2) is 4.68 Å². The number of aromatic nitrogens is 3. The molecule has 2 heterocycles. The van der Waals surface area contributed by atoms with E-state index in [1.807, 2.05) is 20.8 Å². The Morgan fingerprint density at radius 2 is 1.96 bits per heavy atom. The van der Waals surface area contributed by atoms with Crippen LogP contribution in [0.15, 0.2) is 6.20 Å².